The Morgan fingerprint density at radius 1 is 1.16 bits per heavy atom. The van der Waals surface area contributed by atoms with Crippen molar-refractivity contribution in [2.75, 3.05) is 0 Å². The van der Waals surface area contributed by atoms with Gasteiger partial charge in [-0.05, 0) is 50.3 Å². The Morgan fingerprint density at radius 3 is 2.71 bits per heavy atom. The number of aromatic nitrogens is 4. The summed E-state index contributed by atoms with van der Waals surface area (Å²) in [6.07, 6.45) is 3.99. The van der Waals surface area contributed by atoms with E-state index in [1.54, 1.807) is 4.52 Å². The van der Waals surface area contributed by atoms with E-state index in [1.807, 2.05) is 48.2 Å². The monoisotopic (exact) mass is 423 g/mol. The molecule has 1 aromatic carbocycles. The largest absolute Gasteiger partial charge is 0.332 e. The third-order valence-corrected chi connectivity index (χ3v) is 6.48. The molecule has 6 nitrogen and oxygen atoms in total. The van der Waals surface area contributed by atoms with Crippen molar-refractivity contribution in [3.63, 3.8) is 0 Å². The number of benzene rings is 1. The molecule has 2 aromatic heterocycles. The molecule has 0 unspecified atom stereocenters. The third-order valence-electron chi connectivity index (χ3n) is 6.48. The maximum Gasteiger partial charge on any atom is 0.280 e. The van der Waals surface area contributed by atoms with Gasteiger partial charge in [0.2, 0.25) is 5.91 Å². The van der Waals surface area contributed by atoms with Crippen LogP contribution in [0.25, 0.3) is 11.9 Å². The Balaban J connectivity index is 1.50. The summed E-state index contributed by atoms with van der Waals surface area (Å²) in [6, 6.07) is 11.3. The van der Waals surface area contributed by atoms with Crippen molar-refractivity contribution in [1.82, 2.24) is 24.5 Å². The van der Waals surface area contributed by atoms with Crippen molar-refractivity contribution in [1.29, 1.82) is 0 Å². The minimum Gasteiger partial charge on any atom is -0.332 e. The second-order valence-electron chi connectivity index (χ2n) is 8.31. The highest BCUT2D eigenvalue weighted by molar-refractivity contribution is 5.98. The molecule has 5 rings (SSSR count). The van der Waals surface area contributed by atoms with Crippen molar-refractivity contribution >= 4 is 17.8 Å². The van der Waals surface area contributed by atoms with Gasteiger partial charge in [0.25, 0.3) is 12.2 Å². The van der Waals surface area contributed by atoms with Crippen molar-refractivity contribution in [2.45, 2.75) is 57.0 Å². The zero-order chi connectivity index (χ0) is 21.5. The van der Waals surface area contributed by atoms with E-state index in [-0.39, 0.29) is 35.4 Å². The Labute approximate surface area is 178 Å². The molecule has 2 fully saturated rings. The van der Waals surface area contributed by atoms with E-state index in [0.717, 1.165) is 31.2 Å². The zero-order valence-electron chi connectivity index (χ0n) is 17.2. The first-order chi connectivity index (χ1) is 15.0. The van der Waals surface area contributed by atoms with Gasteiger partial charge in [0, 0.05) is 23.6 Å². The summed E-state index contributed by atoms with van der Waals surface area (Å²) in [5.74, 6) is 0.0990. The lowest BCUT2D eigenvalue weighted by Crippen LogP contribution is -2.48. The molecule has 0 saturated carbocycles. The minimum atomic E-state index is -2.69. The maximum absolute atomic E-state index is 13.5. The van der Waals surface area contributed by atoms with Crippen LogP contribution in [0.2, 0.25) is 0 Å². The normalized spacial score (nSPS) is 23.7. The molecule has 0 aliphatic carbocycles. The lowest BCUT2D eigenvalue weighted by molar-refractivity contribution is -0.131. The first-order valence-corrected chi connectivity index (χ1v) is 10.6. The van der Waals surface area contributed by atoms with Crippen LogP contribution in [0.1, 0.15) is 61.9 Å². The maximum atomic E-state index is 13.5. The van der Waals surface area contributed by atoms with E-state index in [0.29, 0.717) is 11.3 Å². The van der Waals surface area contributed by atoms with Gasteiger partial charge in [-0.3, -0.25) is 4.79 Å². The number of amides is 1. The predicted octanol–water partition coefficient (Wildman–Crippen LogP) is 4.40. The van der Waals surface area contributed by atoms with Crippen LogP contribution in [0, 0.1) is 0 Å². The van der Waals surface area contributed by atoms with E-state index in [2.05, 4.69) is 15.1 Å². The van der Waals surface area contributed by atoms with E-state index >= 15 is 0 Å². The molecular weight excluding hydrogens is 400 g/mol. The molecule has 3 aromatic rings. The first-order valence-electron chi connectivity index (χ1n) is 10.6. The topological polar surface area (TPSA) is 63.4 Å². The van der Waals surface area contributed by atoms with Gasteiger partial charge in [0.05, 0.1) is 5.69 Å². The number of fused-ring (bicyclic) bond motifs is 3. The number of rotatable bonds is 4. The fourth-order valence-corrected chi connectivity index (χ4v) is 5.11. The molecule has 160 valence electrons. The number of carbonyl (C=O) groups is 1. The van der Waals surface area contributed by atoms with E-state index in [4.69, 9.17) is 0 Å². The quantitative estimate of drug-likeness (QED) is 0.584. The molecule has 0 spiro atoms. The Bertz CT molecular complexity index is 1140. The summed E-state index contributed by atoms with van der Waals surface area (Å²) in [6.45, 7) is 1.84. The fourth-order valence-electron chi connectivity index (χ4n) is 5.11. The smallest absolute Gasteiger partial charge is 0.280 e. The second kappa shape index (κ2) is 7.83. The third kappa shape index (κ3) is 3.49. The number of piperidine rings is 1. The van der Waals surface area contributed by atoms with E-state index in [9.17, 15) is 13.6 Å². The van der Waals surface area contributed by atoms with Crippen molar-refractivity contribution in [2.24, 2.45) is 0 Å². The molecular formula is C23H23F2N5O. The van der Waals surface area contributed by atoms with Gasteiger partial charge in [-0.1, -0.05) is 30.3 Å². The van der Waals surface area contributed by atoms with Crippen molar-refractivity contribution < 1.29 is 13.6 Å². The van der Waals surface area contributed by atoms with Gasteiger partial charge in [-0.15, -0.1) is 0 Å². The Kier molecular flexibility index (Phi) is 5.00. The fraction of sp³-hybridized carbons (Fsp3) is 0.391. The summed E-state index contributed by atoms with van der Waals surface area (Å²) >= 11 is 0. The standard InChI is InChI=1S/C23H23F2N5O/c1-14(11-15-5-3-2-4-6-15)22(31)29-16-7-9-17(19(29)10-8-16)20-12-18(21(24)25)28-23-26-13-27-30(20)23/h2-6,11-13,16-17,19,21H,7-10H2,1H3/b14-11+/t16-,17-,19-/m0/s1. The number of carbonyl (C=O) groups excluding carboxylic acids is 1. The van der Waals surface area contributed by atoms with Gasteiger partial charge < -0.3 is 4.90 Å². The van der Waals surface area contributed by atoms with Crippen LogP contribution in [0.5, 0.6) is 0 Å². The van der Waals surface area contributed by atoms with E-state index in [1.165, 1.54) is 12.4 Å². The average Bonchev–Trinajstić information content (AvgIpc) is 3.36. The minimum absolute atomic E-state index is 0.0130. The lowest BCUT2D eigenvalue weighted by Gasteiger charge is -2.40. The molecule has 2 saturated heterocycles. The highest BCUT2D eigenvalue weighted by Gasteiger charge is 2.46. The van der Waals surface area contributed by atoms with Crippen LogP contribution < -0.4 is 0 Å². The van der Waals surface area contributed by atoms with Crippen molar-refractivity contribution in [3.8, 4) is 0 Å². The van der Waals surface area contributed by atoms with Crippen LogP contribution >= 0.6 is 0 Å². The molecule has 31 heavy (non-hydrogen) atoms. The van der Waals surface area contributed by atoms with Crippen LogP contribution in [-0.2, 0) is 4.79 Å². The molecule has 2 aliphatic rings. The van der Waals surface area contributed by atoms with Gasteiger partial charge >= 0.3 is 0 Å². The molecule has 3 atom stereocenters. The first kappa shape index (κ1) is 19.8. The molecule has 2 aliphatic heterocycles. The SMILES string of the molecule is C/C(=C\c1ccccc1)C(=O)N1[C@H]2CC[C@H](c3cc(C(F)F)nc4ncnn34)[C@@H]1CC2. The molecule has 8 heteroatoms. The summed E-state index contributed by atoms with van der Waals surface area (Å²) in [4.78, 5) is 23.4. The lowest BCUT2D eigenvalue weighted by atomic mass is 9.86. The number of hydrogen-bond acceptors (Lipinski definition) is 4. The van der Waals surface area contributed by atoms with Crippen LogP contribution in [-0.4, -0.2) is 42.5 Å². The summed E-state index contributed by atoms with van der Waals surface area (Å²) in [5.41, 5.74) is 2.02. The van der Waals surface area contributed by atoms with E-state index < -0.39 is 6.43 Å². The predicted molar refractivity (Wildman–Crippen MR) is 111 cm³/mol. The summed E-state index contributed by atoms with van der Waals surface area (Å²) < 4.78 is 28.5. The van der Waals surface area contributed by atoms with Gasteiger partial charge in [0.15, 0.2) is 0 Å². The highest BCUT2D eigenvalue weighted by atomic mass is 19.3. The van der Waals surface area contributed by atoms with Crippen LogP contribution in [0.15, 0.2) is 48.3 Å². The molecule has 4 heterocycles. The summed E-state index contributed by atoms with van der Waals surface area (Å²) in [7, 11) is 0. The van der Waals surface area contributed by atoms with Crippen molar-refractivity contribution in [3.05, 3.63) is 65.2 Å². The average molecular weight is 423 g/mol. The highest BCUT2D eigenvalue weighted by Crippen LogP contribution is 2.45. The number of alkyl halides is 2. The number of hydrogen-bond donors (Lipinski definition) is 0. The number of halogens is 2. The zero-order valence-corrected chi connectivity index (χ0v) is 17.2. The van der Waals surface area contributed by atoms with Crippen LogP contribution in [0.3, 0.4) is 0 Å². The molecule has 0 radical (unpaired) electrons. The molecule has 1 amide bonds. The molecule has 2 bridgehead atoms. The Hall–Kier alpha value is -3.16. The van der Waals surface area contributed by atoms with Gasteiger partial charge in [-0.25, -0.2) is 18.3 Å². The second-order valence-corrected chi connectivity index (χ2v) is 8.31. The molecule has 0 N–H and O–H groups in total. The van der Waals surface area contributed by atoms with Gasteiger partial charge in [-0.2, -0.15) is 10.1 Å². The summed E-state index contributed by atoms with van der Waals surface area (Å²) in [5, 5.41) is 4.22. The van der Waals surface area contributed by atoms with Gasteiger partial charge in [0.1, 0.15) is 12.0 Å². The number of nitrogens with zero attached hydrogens (tertiary/aromatic N) is 5. The Morgan fingerprint density at radius 2 is 1.94 bits per heavy atom. The van der Waals surface area contributed by atoms with Crippen LogP contribution in [0.4, 0.5) is 8.78 Å².